The highest BCUT2D eigenvalue weighted by molar-refractivity contribution is 7.90. The molecule has 0 amide bonds. The van der Waals surface area contributed by atoms with Gasteiger partial charge in [0.25, 0.3) is 5.88 Å². The maximum absolute atomic E-state index is 13.5. The lowest BCUT2D eigenvalue weighted by atomic mass is 10.00. The molecular weight excluding hydrogens is 480 g/mol. The fourth-order valence-corrected chi connectivity index (χ4v) is 5.20. The van der Waals surface area contributed by atoms with Gasteiger partial charge in [0.2, 0.25) is 0 Å². The molecule has 0 aliphatic heterocycles. The second-order valence-corrected chi connectivity index (χ2v) is 11.1. The number of aryl methyl sites for hydroxylation is 3. The van der Waals surface area contributed by atoms with Gasteiger partial charge in [-0.15, -0.1) is 0 Å². The topological polar surface area (TPSA) is 105 Å². The minimum atomic E-state index is -3.51. The lowest BCUT2D eigenvalue weighted by Gasteiger charge is -2.19. The first-order valence-corrected chi connectivity index (χ1v) is 13.6. The summed E-state index contributed by atoms with van der Waals surface area (Å²) < 4.78 is 38.7. The third-order valence-electron chi connectivity index (χ3n) is 6.10. The molecule has 3 heterocycles. The van der Waals surface area contributed by atoms with Gasteiger partial charge in [0.15, 0.2) is 11.4 Å². The number of hydrogen-bond acceptors (Lipinski definition) is 7. The molecule has 3 aromatic heterocycles. The van der Waals surface area contributed by atoms with E-state index in [9.17, 15) is 13.2 Å². The molecule has 0 bridgehead atoms. The van der Waals surface area contributed by atoms with Crippen molar-refractivity contribution in [1.29, 1.82) is 0 Å². The highest BCUT2D eigenvalue weighted by atomic mass is 32.2. The summed E-state index contributed by atoms with van der Waals surface area (Å²) in [7, 11) is -0.354. The Bertz CT molecular complexity index is 1600. The SMILES string of the molecule is CCOc1nc([C@@H](CS(C)(=O)=O)n2c(=O)n(C)c3cc(-c4cc(C)ccc4C)cnc32)ccc1OC. The van der Waals surface area contributed by atoms with Crippen molar-refractivity contribution in [2.45, 2.75) is 26.8 Å². The van der Waals surface area contributed by atoms with E-state index in [-0.39, 0.29) is 17.3 Å². The monoisotopic (exact) mass is 510 g/mol. The fraction of sp³-hybridized carbons (Fsp3) is 0.346. The summed E-state index contributed by atoms with van der Waals surface area (Å²) in [5.74, 6) is 0.312. The minimum absolute atomic E-state index is 0.231. The first kappa shape index (κ1) is 25.4. The smallest absolute Gasteiger partial charge is 0.330 e. The van der Waals surface area contributed by atoms with Gasteiger partial charge in [-0.2, -0.15) is 0 Å². The Labute approximate surface area is 210 Å². The van der Waals surface area contributed by atoms with Crippen molar-refractivity contribution in [3.63, 3.8) is 0 Å². The van der Waals surface area contributed by atoms with Crippen molar-refractivity contribution < 1.29 is 17.9 Å². The van der Waals surface area contributed by atoms with Crippen LogP contribution in [0.15, 0.2) is 47.4 Å². The largest absolute Gasteiger partial charge is 0.491 e. The molecule has 0 unspecified atom stereocenters. The van der Waals surface area contributed by atoms with Crippen LogP contribution >= 0.6 is 0 Å². The molecular formula is C26H30N4O5S. The van der Waals surface area contributed by atoms with E-state index in [0.717, 1.165) is 28.5 Å². The molecule has 0 fully saturated rings. The molecule has 10 heteroatoms. The second-order valence-electron chi connectivity index (χ2n) is 8.88. The summed E-state index contributed by atoms with van der Waals surface area (Å²) in [6, 6.07) is 10.5. The lowest BCUT2D eigenvalue weighted by Crippen LogP contribution is -2.31. The Balaban J connectivity index is 1.94. The van der Waals surface area contributed by atoms with Crippen LogP contribution in [0.1, 0.15) is 29.8 Å². The Kier molecular flexibility index (Phi) is 6.90. The van der Waals surface area contributed by atoms with E-state index in [1.165, 1.54) is 16.2 Å². The van der Waals surface area contributed by atoms with Gasteiger partial charge >= 0.3 is 5.69 Å². The zero-order valence-electron chi connectivity index (χ0n) is 21.3. The molecule has 0 saturated heterocycles. The lowest BCUT2D eigenvalue weighted by molar-refractivity contribution is 0.296. The van der Waals surface area contributed by atoms with Crippen LogP contribution in [0, 0.1) is 13.8 Å². The van der Waals surface area contributed by atoms with E-state index < -0.39 is 15.9 Å². The molecule has 0 aliphatic carbocycles. The van der Waals surface area contributed by atoms with E-state index in [1.807, 2.05) is 39.0 Å². The average Bonchev–Trinajstić information content (AvgIpc) is 3.08. The van der Waals surface area contributed by atoms with Gasteiger partial charge in [0, 0.05) is 25.1 Å². The zero-order chi connectivity index (χ0) is 26.2. The summed E-state index contributed by atoms with van der Waals surface area (Å²) in [5, 5.41) is 0. The van der Waals surface area contributed by atoms with Crippen LogP contribution in [-0.4, -0.2) is 53.2 Å². The minimum Gasteiger partial charge on any atom is -0.491 e. The molecule has 190 valence electrons. The van der Waals surface area contributed by atoms with Crippen LogP contribution in [0.25, 0.3) is 22.3 Å². The molecule has 4 aromatic rings. The van der Waals surface area contributed by atoms with Gasteiger partial charge in [-0.3, -0.25) is 9.13 Å². The highest BCUT2D eigenvalue weighted by Gasteiger charge is 2.28. The van der Waals surface area contributed by atoms with Crippen molar-refractivity contribution in [3.05, 3.63) is 69.9 Å². The van der Waals surface area contributed by atoms with E-state index >= 15 is 0 Å². The van der Waals surface area contributed by atoms with Gasteiger partial charge in [0.1, 0.15) is 9.84 Å². The number of nitrogens with zero attached hydrogens (tertiary/aromatic N) is 4. The Morgan fingerprint density at radius 3 is 2.53 bits per heavy atom. The molecule has 0 saturated carbocycles. The molecule has 0 spiro atoms. The summed E-state index contributed by atoms with van der Waals surface area (Å²) in [6.07, 6.45) is 2.85. The fourth-order valence-electron chi connectivity index (χ4n) is 4.31. The van der Waals surface area contributed by atoms with Gasteiger partial charge in [-0.25, -0.2) is 23.2 Å². The van der Waals surface area contributed by atoms with Gasteiger partial charge < -0.3 is 9.47 Å². The van der Waals surface area contributed by atoms with Crippen molar-refractivity contribution in [2.24, 2.45) is 7.05 Å². The van der Waals surface area contributed by atoms with Crippen molar-refractivity contribution in [3.8, 4) is 22.8 Å². The predicted molar refractivity (Wildman–Crippen MR) is 140 cm³/mol. The maximum atomic E-state index is 13.5. The van der Waals surface area contributed by atoms with Crippen molar-refractivity contribution in [2.75, 3.05) is 25.7 Å². The molecule has 4 rings (SSSR count). The molecule has 0 N–H and O–H groups in total. The first-order valence-electron chi connectivity index (χ1n) is 11.5. The standard InChI is InChI=1S/C26H30N4O5S/c1-7-35-25-23(34-5)11-10-20(28-25)22(15-36(6,32)33)30-24-21(29(4)26(30)31)13-18(14-27-24)19-12-16(2)8-9-17(19)3/h8-14,22H,7,15H2,1-6H3/t22-/m1/s1. The summed E-state index contributed by atoms with van der Waals surface area (Å²) in [4.78, 5) is 22.7. The Morgan fingerprint density at radius 1 is 1.11 bits per heavy atom. The van der Waals surface area contributed by atoms with Crippen LogP contribution in [0.3, 0.4) is 0 Å². The number of pyridine rings is 2. The van der Waals surface area contributed by atoms with Crippen molar-refractivity contribution >= 4 is 21.0 Å². The van der Waals surface area contributed by atoms with Crippen LogP contribution in [0.5, 0.6) is 11.6 Å². The maximum Gasteiger partial charge on any atom is 0.330 e. The number of sulfone groups is 1. The number of rotatable bonds is 8. The number of ether oxygens (including phenoxy) is 2. The molecule has 1 aromatic carbocycles. The van der Waals surface area contributed by atoms with Crippen molar-refractivity contribution in [1.82, 2.24) is 19.1 Å². The summed E-state index contributed by atoms with van der Waals surface area (Å²) in [5.41, 5.74) is 5.04. The summed E-state index contributed by atoms with van der Waals surface area (Å²) in [6.45, 7) is 6.21. The average molecular weight is 511 g/mol. The van der Waals surface area contributed by atoms with E-state index in [2.05, 4.69) is 16.0 Å². The van der Waals surface area contributed by atoms with Gasteiger partial charge in [-0.1, -0.05) is 23.8 Å². The van der Waals surface area contributed by atoms with E-state index in [4.69, 9.17) is 9.47 Å². The van der Waals surface area contributed by atoms with E-state index in [1.54, 1.807) is 25.4 Å². The number of benzene rings is 1. The van der Waals surface area contributed by atoms with Gasteiger partial charge in [-0.05, 0) is 50.1 Å². The quantitative estimate of drug-likeness (QED) is 0.357. The molecule has 0 aliphatic rings. The third-order valence-corrected chi connectivity index (χ3v) is 7.02. The van der Waals surface area contributed by atoms with E-state index in [0.29, 0.717) is 29.2 Å². The zero-order valence-corrected chi connectivity index (χ0v) is 22.1. The normalized spacial score (nSPS) is 12.6. The third kappa shape index (κ3) is 4.86. The Hall–Kier alpha value is -3.66. The molecule has 36 heavy (non-hydrogen) atoms. The molecule has 0 radical (unpaired) electrons. The van der Waals surface area contributed by atoms with Crippen LogP contribution in [0.4, 0.5) is 0 Å². The molecule has 9 nitrogen and oxygen atoms in total. The number of methoxy groups -OCH3 is 1. The predicted octanol–water partition coefficient (Wildman–Crippen LogP) is 3.46. The number of imidazole rings is 1. The number of hydrogen-bond donors (Lipinski definition) is 0. The first-order chi connectivity index (χ1) is 17.0. The van der Waals surface area contributed by atoms with Crippen LogP contribution in [-0.2, 0) is 16.9 Å². The second kappa shape index (κ2) is 9.77. The van der Waals surface area contributed by atoms with Crippen LogP contribution in [0.2, 0.25) is 0 Å². The van der Waals surface area contributed by atoms with Crippen LogP contribution < -0.4 is 15.2 Å². The summed E-state index contributed by atoms with van der Waals surface area (Å²) >= 11 is 0. The van der Waals surface area contributed by atoms with Gasteiger partial charge in [0.05, 0.1) is 36.7 Å². The molecule has 1 atom stereocenters. The Morgan fingerprint density at radius 2 is 1.86 bits per heavy atom. The number of aromatic nitrogens is 4. The highest BCUT2D eigenvalue weighted by Crippen LogP contribution is 2.31. The number of fused-ring (bicyclic) bond motifs is 1.